The molecule has 0 aliphatic rings. The van der Waals surface area contributed by atoms with Gasteiger partial charge in [0.25, 0.3) is 0 Å². The Labute approximate surface area is 212 Å². The zero-order valence-electron chi connectivity index (χ0n) is 20.0. The summed E-state index contributed by atoms with van der Waals surface area (Å²) in [6, 6.07) is 10.9. The summed E-state index contributed by atoms with van der Waals surface area (Å²) in [4.78, 5) is 27.6. The fraction of sp³-hybridized carbons (Fsp3) is 0.417. The molecule has 0 fully saturated rings. The first-order chi connectivity index (χ1) is 15.8. The molecule has 186 valence electrons. The van der Waals surface area contributed by atoms with Crippen molar-refractivity contribution in [2.75, 3.05) is 23.7 Å². The molecule has 1 N–H and O–H groups in total. The van der Waals surface area contributed by atoms with Crippen LogP contribution >= 0.6 is 23.2 Å². The molecule has 10 heteroatoms. The predicted molar refractivity (Wildman–Crippen MR) is 138 cm³/mol. The molecule has 0 bridgehead atoms. The van der Waals surface area contributed by atoms with Gasteiger partial charge in [0, 0.05) is 23.1 Å². The number of amides is 2. The average molecular weight is 529 g/mol. The summed E-state index contributed by atoms with van der Waals surface area (Å²) in [5.74, 6) is -0.650. The molecular weight excluding hydrogens is 497 g/mol. The van der Waals surface area contributed by atoms with Crippen LogP contribution < -0.4 is 9.62 Å². The lowest BCUT2D eigenvalue weighted by Gasteiger charge is -2.32. The Morgan fingerprint density at radius 1 is 1.03 bits per heavy atom. The van der Waals surface area contributed by atoms with Crippen molar-refractivity contribution in [3.05, 3.63) is 63.6 Å². The molecule has 2 aromatic carbocycles. The first-order valence-electron chi connectivity index (χ1n) is 10.9. The standard InChI is InChI=1S/C24H31Cl2N3O4S/c1-16(2)13-27-24(31)18(4)28(14-19-8-6-7-9-21(19)25)23(30)15-29(34(5,32)33)20-11-10-17(3)22(26)12-20/h6-12,16,18H,13-15H2,1-5H3,(H,27,31)/t18-/m0/s1. The van der Waals surface area contributed by atoms with Crippen molar-refractivity contribution >= 4 is 50.7 Å². The number of halogens is 2. The lowest BCUT2D eigenvalue weighted by atomic mass is 10.1. The predicted octanol–water partition coefficient (Wildman–Crippen LogP) is 4.26. The van der Waals surface area contributed by atoms with E-state index in [1.807, 2.05) is 13.8 Å². The Hall–Kier alpha value is -2.29. The van der Waals surface area contributed by atoms with Gasteiger partial charge in [-0.1, -0.05) is 61.3 Å². The van der Waals surface area contributed by atoms with Crippen LogP contribution in [0.5, 0.6) is 0 Å². The topological polar surface area (TPSA) is 86.8 Å². The van der Waals surface area contributed by atoms with Crippen LogP contribution in [0, 0.1) is 12.8 Å². The molecule has 0 heterocycles. The summed E-state index contributed by atoms with van der Waals surface area (Å²) in [6.07, 6.45) is 1.02. The summed E-state index contributed by atoms with van der Waals surface area (Å²) in [7, 11) is -3.82. The van der Waals surface area contributed by atoms with Crippen molar-refractivity contribution in [2.45, 2.75) is 40.3 Å². The average Bonchev–Trinajstić information content (AvgIpc) is 2.75. The lowest BCUT2D eigenvalue weighted by Crippen LogP contribution is -2.51. The number of rotatable bonds is 10. The van der Waals surface area contributed by atoms with E-state index in [-0.39, 0.29) is 24.1 Å². The Morgan fingerprint density at radius 3 is 2.24 bits per heavy atom. The number of nitrogens with zero attached hydrogens (tertiary/aromatic N) is 2. The molecule has 0 unspecified atom stereocenters. The van der Waals surface area contributed by atoms with Crippen molar-refractivity contribution in [3.8, 4) is 0 Å². The Kier molecular flexibility index (Phi) is 9.79. The van der Waals surface area contributed by atoms with E-state index in [4.69, 9.17) is 23.2 Å². The number of aryl methyl sites for hydroxylation is 1. The van der Waals surface area contributed by atoms with Gasteiger partial charge in [0.1, 0.15) is 12.6 Å². The van der Waals surface area contributed by atoms with Crippen LogP contribution in [-0.4, -0.2) is 50.5 Å². The molecule has 0 aromatic heterocycles. The van der Waals surface area contributed by atoms with Gasteiger partial charge < -0.3 is 10.2 Å². The highest BCUT2D eigenvalue weighted by Gasteiger charge is 2.30. The first-order valence-corrected chi connectivity index (χ1v) is 13.5. The van der Waals surface area contributed by atoms with E-state index in [1.54, 1.807) is 50.2 Å². The van der Waals surface area contributed by atoms with Gasteiger partial charge in [0.05, 0.1) is 11.9 Å². The van der Waals surface area contributed by atoms with E-state index in [0.717, 1.165) is 16.1 Å². The van der Waals surface area contributed by atoms with Crippen LogP contribution in [0.1, 0.15) is 31.9 Å². The molecule has 0 spiro atoms. The highest BCUT2D eigenvalue weighted by Crippen LogP contribution is 2.26. The van der Waals surface area contributed by atoms with Gasteiger partial charge in [0.2, 0.25) is 21.8 Å². The van der Waals surface area contributed by atoms with E-state index < -0.39 is 28.5 Å². The van der Waals surface area contributed by atoms with Crippen molar-refractivity contribution in [3.63, 3.8) is 0 Å². The highest BCUT2D eigenvalue weighted by molar-refractivity contribution is 7.92. The third-order valence-corrected chi connectivity index (χ3v) is 7.19. The molecular formula is C24H31Cl2N3O4S. The minimum Gasteiger partial charge on any atom is -0.354 e. The van der Waals surface area contributed by atoms with E-state index in [0.29, 0.717) is 22.2 Å². The second-order valence-electron chi connectivity index (χ2n) is 8.63. The van der Waals surface area contributed by atoms with Gasteiger partial charge >= 0.3 is 0 Å². The second-order valence-corrected chi connectivity index (χ2v) is 11.4. The number of sulfonamides is 1. The third-order valence-electron chi connectivity index (χ3n) is 5.27. The summed E-state index contributed by atoms with van der Waals surface area (Å²) in [5.41, 5.74) is 1.69. The van der Waals surface area contributed by atoms with Crippen LogP contribution in [0.3, 0.4) is 0 Å². The Morgan fingerprint density at radius 2 is 1.68 bits per heavy atom. The zero-order valence-corrected chi connectivity index (χ0v) is 22.3. The lowest BCUT2D eigenvalue weighted by molar-refractivity contribution is -0.139. The van der Waals surface area contributed by atoms with Gasteiger partial charge in [-0.15, -0.1) is 0 Å². The quantitative estimate of drug-likeness (QED) is 0.500. The second kappa shape index (κ2) is 11.9. The zero-order chi connectivity index (χ0) is 25.6. The minimum absolute atomic E-state index is 0.0427. The van der Waals surface area contributed by atoms with Crippen LogP contribution in [0.4, 0.5) is 5.69 Å². The number of hydrogen-bond donors (Lipinski definition) is 1. The number of hydrogen-bond acceptors (Lipinski definition) is 4. The van der Waals surface area contributed by atoms with E-state index in [2.05, 4.69) is 5.32 Å². The molecule has 1 atom stereocenters. The van der Waals surface area contributed by atoms with Crippen molar-refractivity contribution < 1.29 is 18.0 Å². The maximum atomic E-state index is 13.5. The van der Waals surface area contributed by atoms with Gasteiger partial charge in [-0.3, -0.25) is 13.9 Å². The van der Waals surface area contributed by atoms with Crippen LogP contribution in [-0.2, 0) is 26.2 Å². The number of anilines is 1. The van der Waals surface area contributed by atoms with E-state index >= 15 is 0 Å². The molecule has 34 heavy (non-hydrogen) atoms. The summed E-state index contributed by atoms with van der Waals surface area (Å²) in [6.45, 7) is 7.34. The molecule has 0 aliphatic heterocycles. The normalized spacial score (nSPS) is 12.4. The molecule has 2 aromatic rings. The number of carbonyl (C=O) groups is 2. The monoisotopic (exact) mass is 527 g/mol. The summed E-state index contributed by atoms with van der Waals surface area (Å²) < 4.78 is 26.2. The van der Waals surface area contributed by atoms with Crippen LogP contribution in [0.25, 0.3) is 0 Å². The number of benzene rings is 2. The van der Waals surface area contributed by atoms with Gasteiger partial charge in [-0.25, -0.2) is 8.42 Å². The van der Waals surface area contributed by atoms with E-state index in [1.165, 1.54) is 11.0 Å². The molecule has 2 amide bonds. The number of carbonyl (C=O) groups excluding carboxylic acids is 2. The maximum Gasteiger partial charge on any atom is 0.244 e. The third kappa shape index (κ3) is 7.61. The van der Waals surface area contributed by atoms with Crippen LogP contribution in [0.2, 0.25) is 10.0 Å². The summed E-state index contributed by atoms with van der Waals surface area (Å²) in [5, 5.41) is 3.66. The number of nitrogens with one attached hydrogen (secondary N) is 1. The van der Waals surface area contributed by atoms with Crippen molar-refractivity contribution in [2.24, 2.45) is 5.92 Å². The van der Waals surface area contributed by atoms with Gasteiger partial charge in [-0.2, -0.15) is 0 Å². The Bertz CT molecular complexity index is 1140. The molecule has 7 nitrogen and oxygen atoms in total. The molecule has 0 aliphatic carbocycles. The fourth-order valence-corrected chi connectivity index (χ4v) is 4.41. The summed E-state index contributed by atoms with van der Waals surface area (Å²) >= 11 is 12.5. The fourth-order valence-electron chi connectivity index (χ4n) is 3.20. The minimum atomic E-state index is -3.82. The van der Waals surface area contributed by atoms with E-state index in [9.17, 15) is 18.0 Å². The largest absolute Gasteiger partial charge is 0.354 e. The van der Waals surface area contributed by atoms with Crippen molar-refractivity contribution in [1.29, 1.82) is 0 Å². The van der Waals surface area contributed by atoms with Crippen molar-refractivity contribution in [1.82, 2.24) is 10.2 Å². The molecule has 0 saturated heterocycles. The maximum absolute atomic E-state index is 13.5. The first kappa shape index (κ1) is 28.0. The molecule has 0 radical (unpaired) electrons. The molecule has 2 rings (SSSR count). The smallest absolute Gasteiger partial charge is 0.244 e. The highest BCUT2D eigenvalue weighted by atomic mass is 35.5. The van der Waals surface area contributed by atoms with Gasteiger partial charge in [-0.05, 0) is 49.1 Å². The van der Waals surface area contributed by atoms with Gasteiger partial charge in [0.15, 0.2) is 0 Å². The SMILES string of the molecule is Cc1ccc(N(CC(=O)N(Cc2ccccc2Cl)[C@@H](C)C(=O)NCC(C)C)S(C)(=O)=O)cc1Cl. The van der Waals surface area contributed by atoms with Crippen LogP contribution in [0.15, 0.2) is 42.5 Å². The molecule has 0 saturated carbocycles. The Balaban J connectivity index is 2.40.